The molecule has 0 aliphatic heterocycles. The van der Waals surface area contributed by atoms with E-state index >= 15 is 0 Å². The minimum absolute atomic E-state index is 0.0964. The van der Waals surface area contributed by atoms with Crippen molar-refractivity contribution in [1.29, 1.82) is 0 Å². The number of hydrogen-bond acceptors (Lipinski definition) is 3. The molecule has 1 aromatic carbocycles. The van der Waals surface area contributed by atoms with Gasteiger partial charge in [0.25, 0.3) is 5.91 Å². The van der Waals surface area contributed by atoms with Crippen LogP contribution < -0.4 is 15.8 Å². The van der Waals surface area contributed by atoms with Gasteiger partial charge < -0.3 is 15.8 Å². The Morgan fingerprint density at radius 1 is 1.53 bits per heavy atom. The highest BCUT2D eigenvalue weighted by Crippen LogP contribution is 2.15. The van der Waals surface area contributed by atoms with Crippen LogP contribution in [0.2, 0.25) is 0 Å². The zero-order chi connectivity index (χ0) is 12.7. The Balaban J connectivity index is 2.43. The third kappa shape index (κ3) is 4.76. The zero-order valence-electron chi connectivity index (χ0n) is 10.4. The Bertz CT molecular complexity index is 366. The first-order chi connectivity index (χ1) is 8.13. The Hall–Kier alpha value is -1.71. The molecule has 0 fully saturated rings. The molecule has 4 heteroatoms. The second-order valence-corrected chi connectivity index (χ2v) is 3.98. The highest BCUT2D eigenvalue weighted by molar-refractivity contribution is 5.80. The SMILES string of the molecule is CCCCNC(=O)C(C)Oc1cccc(N)c1. The largest absolute Gasteiger partial charge is 0.481 e. The van der Waals surface area contributed by atoms with Crippen molar-refractivity contribution in [1.82, 2.24) is 5.32 Å². The van der Waals surface area contributed by atoms with Gasteiger partial charge in [-0.1, -0.05) is 19.4 Å². The summed E-state index contributed by atoms with van der Waals surface area (Å²) in [6.45, 7) is 4.50. The van der Waals surface area contributed by atoms with Crippen molar-refractivity contribution >= 4 is 11.6 Å². The van der Waals surface area contributed by atoms with Crippen LogP contribution in [0.4, 0.5) is 5.69 Å². The fourth-order valence-electron chi connectivity index (χ4n) is 1.38. The second kappa shape index (κ2) is 6.78. The summed E-state index contributed by atoms with van der Waals surface area (Å²) in [6, 6.07) is 7.06. The molecule has 1 aromatic rings. The summed E-state index contributed by atoms with van der Waals surface area (Å²) in [5, 5.41) is 2.82. The quantitative estimate of drug-likeness (QED) is 0.586. The summed E-state index contributed by atoms with van der Waals surface area (Å²) in [5.41, 5.74) is 6.25. The van der Waals surface area contributed by atoms with Crippen LogP contribution in [-0.2, 0) is 4.79 Å². The molecule has 0 heterocycles. The van der Waals surface area contributed by atoms with Crippen LogP contribution in [0.15, 0.2) is 24.3 Å². The smallest absolute Gasteiger partial charge is 0.260 e. The molecule has 0 saturated heterocycles. The molecule has 4 nitrogen and oxygen atoms in total. The van der Waals surface area contributed by atoms with Gasteiger partial charge in [-0.2, -0.15) is 0 Å². The number of amides is 1. The molecule has 0 radical (unpaired) electrons. The van der Waals surface area contributed by atoms with E-state index < -0.39 is 6.10 Å². The maximum atomic E-state index is 11.6. The first kappa shape index (κ1) is 13.4. The average molecular weight is 236 g/mol. The molecule has 0 aliphatic carbocycles. The molecule has 0 aromatic heterocycles. The molecular weight excluding hydrogens is 216 g/mol. The summed E-state index contributed by atoms with van der Waals surface area (Å²) in [4.78, 5) is 11.6. The minimum atomic E-state index is -0.506. The summed E-state index contributed by atoms with van der Waals surface area (Å²) in [6.07, 6.45) is 1.54. The first-order valence-electron chi connectivity index (χ1n) is 5.93. The standard InChI is InChI=1S/C13H20N2O2/c1-3-4-8-15-13(16)10(2)17-12-7-5-6-11(14)9-12/h5-7,9-10H,3-4,8,14H2,1-2H3,(H,15,16). The second-order valence-electron chi connectivity index (χ2n) is 3.98. The monoisotopic (exact) mass is 236 g/mol. The Kier molecular flexibility index (Phi) is 5.33. The molecule has 0 bridgehead atoms. The molecule has 17 heavy (non-hydrogen) atoms. The molecule has 1 atom stereocenters. The topological polar surface area (TPSA) is 64.3 Å². The lowest BCUT2D eigenvalue weighted by Gasteiger charge is -2.14. The zero-order valence-corrected chi connectivity index (χ0v) is 10.4. The number of unbranched alkanes of at least 4 members (excludes halogenated alkanes) is 1. The van der Waals surface area contributed by atoms with Gasteiger partial charge in [-0.3, -0.25) is 4.79 Å². The molecule has 1 unspecified atom stereocenters. The summed E-state index contributed by atoms with van der Waals surface area (Å²) < 4.78 is 5.50. The van der Waals surface area contributed by atoms with Crippen molar-refractivity contribution in [2.45, 2.75) is 32.8 Å². The van der Waals surface area contributed by atoms with Crippen LogP contribution in [-0.4, -0.2) is 18.6 Å². The molecule has 0 spiro atoms. The van der Waals surface area contributed by atoms with Gasteiger partial charge in [-0.15, -0.1) is 0 Å². The van der Waals surface area contributed by atoms with Gasteiger partial charge in [0, 0.05) is 18.3 Å². The molecule has 1 amide bonds. The van der Waals surface area contributed by atoms with Crippen LogP contribution >= 0.6 is 0 Å². The minimum Gasteiger partial charge on any atom is -0.481 e. The molecule has 0 aliphatic rings. The van der Waals surface area contributed by atoms with E-state index in [4.69, 9.17) is 10.5 Å². The number of anilines is 1. The van der Waals surface area contributed by atoms with E-state index in [-0.39, 0.29) is 5.91 Å². The number of rotatable bonds is 6. The first-order valence-corrected chi connectivity index (χ1v) is 5.93. The van der Waals surface area contributed by atoms with Crippen LogP contribution in [0.3, 0.4) is 0 Å². The number of carbonyl (C=O) groups excluding carboxylic acids is 1. The van der Waals surface area contributed by atoms with Crippen molar-refractivity contribution in [3.8, 4) is 5.75 Å². The highest BCUT2D eigenvalue weighted by atomic mass is 16.5. The maximum Gasteiger partial charge on any atom is 0.260 e. The van der Waals surface area contributed by atoms with E-state index in [2.05, 4.69) is 12.2 Å². The summed E-state index contributed by atoms with van der Waals surface area (Å²) in [5.74, 6) is 0.518. The van der Waals surface area contributed by atoms with Gasteiger partial charge in [0.1, 0.15) is 5.75 Å². The van der Waals surface area contributed by atoms with Crippen LogP contribution in [0.1, 0.15) is 26.7 Å². The normalized spacial score (nSPS) is 11.9. The van der Waals surface area contributed by atoms with E-state index in [1.807, 2.05) is 0 Å². The lowest BCUT2D eigenvalue weighted by molar-refractivity contribution is -0.127. The van der Waals surface area contributed by atoms with Crippen molar-refractivity contribution in [2.75, 3.05) is 12.3 Å². The fraction of sp³-hybridized carbons (Fsp3) is 0.462. The van der Waals surface area contributed by atoms with E-state index in [9.17, 15) is 4.79 Å². The fourth-order valence-corrected chi connectivity index (χ4v) is 1.38. The number of nitrogens with one attached hydrogen (secondary N) is 1. The number of ether oxygens (including phenoxy) is 1. The third-order valence-corrected chi connectivity index (χ3v) is 2.37. The van der Waals surface area contributed by atoms with E-state index in [0.29, 0.717) is 18.0 Å². The molecule has 0 saturated carbocycles. The van der Waals surface area contributed by atoms with Crippen LogP contribution in [0.25, 0.3) is 0 Å². The highest BCUT2D eigenvalue weighted by Gasteiger charge is 2.13. The van der Waals surface area contributed by atoms with Crippen LogP contribution in [0, 0.1) is 0 Å². The van der Waals surface area contributed by atoms with Gasteiger partial charge in [0.05, 0.1) is 0 Å². The van der Waals surface area contributed by atoms with Gasteiger partial charge in [0.2, 0.25) is 0 Å². The van der Waals surface area contributed by atoms with Crippen molar-refractivity contribution in [2.24, 2.45) is 0 Å². The molecule has 1 rings (SSSR count). The Morgan fingerprint density at radius 2 is 2.29 bits per heavy atom. The number of benzene rings is 1. The van der Waals surface area contributed by atoms with Crippen LogP contribution in [0.5, 0.6) is 5.75 Å². The predicted octanol–water partition coefficient (Wildman–Crippen LogP) is 1.95. The number of nitrogens with two attached hydrogens (primary N) is 1. The predicted molar refractivity (Wildman–Crippen MR) is 68.9 cm³/mol. The van der Waals surface area contributed by atoms with Crippen molar-refractivity contribution in [3.05, 3.63) is 24.3 Å². The van der Waals surface area contributed by atoms with E-state index in [0.717, 1.165) is 12.8 Å². The lowest BCUT2D eigenvalue weighted by atomic mass is 10.3. The van der Waals surface area contributed by atoms with Crippen molar-refractivity contribution < 1.29 is 9.53 Å². The van der Waals surface area contributed by atoms with Gasteiger partial charge in [0.15, 0.2) is 6.10 Å². The Labute approximate surface area is 102 Å². The number of nitrogen functional groups attached to an aromatic ring is 1. The molecule has 3 N–H and O–H groups in total. The summed E-state index contributed by atoms with van der Waals surface area (Å²) in [7, 11) is 0. The summed E-state index contributed by atoms with van der Waals surface area (Å²) >= 11 is 0. The number of hydrogen-bond donors (Lipinski definition) is 2. The van der Waals surface area contributed by atoms with E-state index in [1.165, 1.54) is 0 Å². The third-order valence-electron chi connectivity index (χ3n) is 2.37. The van der Waals surface area contributed by atoms with Gasteiger partial charge >= 0.3 is 0 Å². The maximum absolute atomic E-state index is 11.6. The van der Waals surface area contributed by atoms with E-state index in [1.54, 1.807) is 31.2 Å². The molecule has 94 valence electrons. The molecular formula is C13H20N2O2. The average Bonchev–Trinajstić information content (AvgIpc) is 2.29. The van der Waals surface area contributed by atoms with Crippen molar-refractivity contribution in [3.63, 3.8) is 0 Å². The van der Waals surface area contributed by atoms with Gasteiger partial charge in [-0.25, -0.2) is 0 Å². The lowest BCUT2D eigenvalue weighted by Crippen LogP contribution is -2.36. The number of carbonyl (C=O) groups is 1. The van der Waals surface area contributed by atoms with Gasteiger partial charge in [-0.05, 0) is 25.5 Å². The Morgan fingerprint density at radius 3 is 2.94 bits per heavy atom.